The van der Waals surface area contributed by atoms with Crippen molar-refractivity contribution in [1.82, 2.24) is 4.90 Å². The highest BCUT2D eigenvalue weighted by molar-refractivity contribution is 5.52. The maximum Gasteiger partial charge on any atom is 0.0991 e. The predicted molar refractivity (Wildman–Crippen MR) is 78.1 cm³/mol. The number of hydrogen-bond donors (Lipinski definition) is 1. The van der Waals surface area contributed by atoms with Crippen LogP contribution in [0.2, 0.25) is 0 Å². The molecule has 0 bridgehead atoms. The van der Waals surface area contributed by atoms with Gasteiger partial charge in [0.1, 0.15) is 0 Å². The van der Waals surface area contributed by atoms with Gasteiger partial charge >= 0.3 is 0 Å². The smallest absolute Gasteiger partial charge is 0.0991 e. The minimum Gasteiger partial charge on any atom is -0.364 e. The summed E-state index contributed by atoms with van der Waals surface area (Å²) in [5.74, 6) is 0. The van der Waals surface area contributed by atoms with Gasteiger partial charge in [-0.25, -0.2) is 0 Å². The zero-order chi connectivity index (χ0) is 14.0. The lowest BCUT2D eigenvalue weighted by Crippen LogP contribution is -2.64. The van der Waals surface area contributed by atoms with E-state index in [1.807, 2.05) is 24.3 Å². The van der Waals surface area contributed by atoms with Gasteiger partial charge in [-0.15, -0.1) is 0 Å². The Labute approximate surface area is 115 Å². The Balaban J connectivity index is 2.27. The van der Waals surface area contributed by atoms with Crippen molar-refractivity contribution in [2.45, 2.75) is 25.4 Å². The average Bonchev–Trinajstić information content (AvgIpc) is 2.38. The number of benzene rings is 1. The topological polar surface area (TPSA) is 56.3 Å². The first-order valence-electron chi connectivity index (χ1n) is 6.66. The third-order valence-corrected chi connectivity index (χ3v) is 3.96. The Morgan fingerprint density at radius 3 is 2.53 bits per heavy atom. The Morgan fingerprint density at radius 2 is 2.00 bits per heavy atom. The fourth-order valence-electron chi connectivity index (χ4n) is 2.85. The lowest BCUT2D eigenvalue weighted by molar-refractivity contribution is 0.155. The van der Waals surface area contributed by atoms with E-state index in [-0.39, 0.29) is 5.54 Å². The second-order valence-electron chi connectivity index (χ2n) is 5.89. The number of nitriles is 1. The summed E-state index contributed by atoms with van der Waals surface area (Å²) in [7, 11) is 2.13. The summed E-state index contributed by atoms with van der Waals surface area (Å²) in [5.41, 5.74) is 7.78. The van der Waals surface area contributed by atoms with E-state index in [2.05, 4.69) is 36.8 Å². The summed E-state index contributed by atoms with van der Waals surface area (Å²) in [5, 5.41) is 8.87. The van der Waals surface area contributed by atoms with Crippen molar-refractivity contribution in [3.63, 3.8) is 0 Å². The molecule has 0 amide bonds. The summed E-state index contributed by atoms with van der Waals surface area (Å²) in [6, 6.07) is 10.3. The van der Waals surface area contributed by atoms with Gasteiger partial charge in [0.2, 0.25) is 0 Å². The molecule has 0 aromatic heterocycles. The fourth-order valence-corrected chi connectivity index (χ4v) is 2.85. The number of nitrogens with zero attached hydrogens (tertiary/aromatic N) is 3. The van der Waals surface area contributed by atoms with Crippen molar-refractivity contribution < 1.29 is 0 Å². The van der Waals surface area contributed by atoms with E-state index in [4.69, 9.17) is 11.0 Å². The average molecular weight is 258 g/mol. The van der Waals surface area contributed by atoms with Gasteiger partial charge in [0.05, 0.1) is 11.6 Å². The molecule has 1 atom stereocenters. The van der Waals surface area contributed by atoms with Crippen LogP contribution in [0.25, 0.3) is 0 Å². The van der Waals surface area contributed by atoms with Crippen molar-refractivity contribution in [1.29, 1.82) is 5.26 Å². The molecule has 1 aliphatic heterocycles. The van der Waals surface area contributed by atoms with Gasteiger partial charge in [0.15, 0.2) is 0 Å². The van der Waals surface area contributed by atoms with Gasteiger partial charge in [-0.05, 0) is 45.2 Å². The molecule has 0 radical (unpaired) electrons. The van der Waals surface area contributed by atoms with E-state index in [1.54, 1.807) is 0 Å². The lowest BCUT2D eigenvalue weighted by atomic mass is 9.94. The van der Waals surface area contributed by atoms with Crippen LogP contribution >= 0.6 is 0 Å². The minimum atomic E-state index is 0.0641. The SMILES string of the molecule is CN1CC(C)(C)N(c2ccc(C#N)cc2)CC1CN. The summed E-state index contributed by atoms with van der Waals surface area (Å²) < 4.78 is 0. The molecular formula is C15H22N4. The third kappa shape index (κ3) is 2.73. The monoisotopic (exact) mass is 258 g/mol. The van der Waals surface area contributed by atoms with Crippen LogP contribution in [-0.4, -0.2) is 43.2 Å². The number of hydrogen-bond acceptors (Lipinski definition) is 4. The molecule has 1 fully saturated rings. The molecule has 4 nitrogen and oxygen atoms in total. The molecule has 0 aliphatic carbocycles. The fraction of sp³-hybridized carbons (Fsp3) is 0.533. The third-order valence-electron chi connectivity index (χ3n) is 3.96. The Bertz CT molecular complexity index is 472. The van der Waals surface area contributed by atoms with Crippen LogP contribution in [0.1, 0.15) is 19.4 Å². The molecule has 1 aromatic rings. The van der Waals surface area contributed by atoms with Crippen molar-refractivity contribution in [2.24, 2.45) is 5.73 Å². The molecule has 102 valence electrons. The van der Waals surface area contributed by atoms with Crippen molar-refractivity contribution in [3.05, 3.63) is 29.8 Å². The first-order valence-corrected chi connectivity index (χ1v) is 6.66. The molecular weight excluding hydrogens is 236 g/mol. The van der Waals surface area contributed by atoms with E-state index < -0.39 is 0 Å². The van der Waals surface area contributed by atoms with Crippen LogP contribution in [0.15, 0.2) is 24.3 Å². The molecule has 1 aliphatic rings. The second kappa shape index (κ2) is 5.20. The number of piperazine rings is 1. The molecule has 2 N–H and O–H groups in total. The number of likely N-dealkylation sites (N-methyl/N-ethyl adjacent to an activating group) is 1. The number of nitrogens with two attached hydrogens (primary N) is 1. The Kier molecular flexibility index (Phi) is 3.79. The highest BCUT2D eigenvalue weighted by Gasteiger charge is 2.36. The second-order valence-corrected chi connectivity index (χ2v) is 5.89. The number of anilines is 1. The Hall–Kier alpha value is -1.57. The van der Waals surface area contributed by atoms with Crippen LogP contribution in [0.3, 0.4) is 0 Å². The van der Waals surface area contributed by atoms with Crippen molar-refractivity contribution in [3.8, 4) is 6.07 Å². The van der Waals surface area contributed by atoms with Crippen molar-refractivity contribution >= 4 is 5.69 Å². The van der Waals surface area contributed by atoms with Gasteiger partial charge in [-0.2, -0.15) is 5.26 Å². The molecule has 1 unspecified atom stereocenters. The summed E-state index contributed by atoms with van der Waals surface area (Å²) >= 11 is 0. The summed E-state index contributed by atoms with van der Waals surface area (Å²) in [6.45, 7) is 7.06. The number of rotatable bonds is 2. The maximum absolute atomic E-state index is 8.87. The van der Waals surface area contributed by atoms with Crippen LogP contribution in [0.5, 0.6) is 0 Å². The first-order chi connectivity index (χ1) is 8.97. The first kappa shape index (κ1) is 13.9. The van der Waals surface area contributed by atoms with Gasteiger partial charge in [-0.1, -0.05) is 0 Å². The van der Waals surface area contributed by atoms with E-state index in [0.717, 1.165) is 18.8 Å². The Morgan fingerprint density at radius 1 is 1.37 bits per heavy atom. The summed E-state index contributed by atoms with van der Waals surface area (Å²) in [4.78, 5) is 4.73. The van der Waals surface area contributed by atoms with E-state index in [9.17, 15) is 0 Å². The highest BCUT2D eigenvalue weighted by atomic mass is 15.3. The molecule has 19 heavy (non-hydrogen) atoms. The standard InChI is InChI=1S/C15H22N4/c1-15(2)11-18(3)14(9-17)10-19(15)13-6-4-12(8-16)5-7-13/h4-7,14H,9-11,17H2,1-3H3. The van der Waals surface area contributed by atoms with Crippen LogP contribution in [0, 0.1) is 11.3 Å². The van der Waals surface area contributed by atoms with E-state index in [0.29, 0.717) is 18.2 Å². The molecule has 2 rings (SSSR count). The quantitative estimate of drug-likeness (QED) is 0.871. The van der Waals surface area contributed by atoms with E-state index in [1.165, 1.54) is 0 Å². The van der Waals surface area contributed by atoms with E-state index >= 15 is 0 Å². The minimum absolute atomic E-state index is 0.0641. The van der Waals surface area contributed by atoms with Gasteiger partial charge in [0.25, 0.3) is 0 Å². The zero-order valence-corrected chi connectivity index (χ0v) is 11.9. The normalized spacial score (nSPS) is 23.1. The highest BCUT2D eigenvalue weighted by Crippen LogP contribution is 2.29. The van der Waals surface area contributed by atoms with Gasteiger partial charge in [0, 0.05) is 36.9 Å². The molecule has 1 saturated heterocycles. The largest absolute Gasteiger partial charge is 0.364 e. The molecule has 0 saturated carbocycles. The maximum atomic E-state index is 8.87. The molecule has 1 aromatic carbocycles. The summed E-state index contributed by atoms with van der Waals surface area (Å²) in [6.07, 6.45) is 0. The van der Waals surface area contributed by atoms with Gasteiger partial charge < -0.3 is 10.6 Å². The molecule has 4 heteroatoms. The molecule has 0 spiro atoms. The van der Waals surface area contributed by atoms with Crippen molar-refractivity contribution in [2.75, 3.05) is 31.6 Å². The van der Waals surface area contributed by atoms with Crippen LogP contribution in [0.4, 0.5) is 5.69 Å². The zero-order valence-electron chi connectivity index (χ0n) is 11.9. The van der Waals surface area contributed by atoms with Gasteiger partial charge in [-0.3, -0.25) is 4.90 Å². The van der Waals surface area contributed by atoms with Crippen LogP contribution in [-0.2, 0) is 0 Å². The predicted octanol–water partition coefficient (Wildman–Crippen LogP) is 1.42. The van der Waals surface area contributed by atoms with Crippen LogP contribution < -0.4 is 10.6 Å². The molecule has 1 heterocycles. The lowest BCUT2D eigenvalue weighted by Gasteiger charge is -2.51.